The third kappa shape index (κ3) is 2.57. The Bertz CT molecular complexity index is 548. The van der Waals surface area contributed by atoms with Gasteiger partial charge in [0, 0.05) is 6.04 Å². The molecule has 0 spiro atoms. The van der Waals surface area contributed by atoms with Gasteiger partial charge in [-0.3, -0.25) is 4.98 Å². The molecule has 0 amide bonds. The summed E-state index contributed by atoms with van der Waals surface area (Å²) in [6.45, 7) is 9.75. The minimum Gasteiger partial charge on any atom is -0.398 e. The van der Waals surface area contributed by atoms with E-state index < -0.39 is 18.3 Å². The number of nitrogens with zero attached hydrogens (tertiary/aromatic N) is 2. The minimum absolute atomic E-state index is 0.246. The summed E-state index contributed by atoms with van der Waals surface area (Å²) >= 11 is 0. The number of hydrogen-bond donors (Lipinski definition) is 1. The maximum Gasteiger partial charge on any atom is 0.514 e. The van der Waals surface area contributed by atoms with E-state index in [2.05, 4.69) is 11.1 Å². The molecule has 5 nitrogen and oxygen atoms in total. The lowest BCUT2D eigenvalue weighted by atomic mass is 9.83. The van der Waals surface area contributed by atoms with E-state index in [1.165, 1.54) is 0 Å². The Labute approximate surface area is 120 Å². The molecule has 1 aliphatic rings. The molecule has 0 saturated carbocycles. The molecule has 0 aliphatic carbocycles. The average molecular weight is 273 g/mol. The summed E-state index contributed by atoms with van der Waals surface area (Å²) in [4.78, 5) is 4.47. The van der Waals surface area contributed by atoms with Gasteiger partial charge in [-0.15, -0.1) is 0 Å². The fraction of sp³-hybridized carbons (Fsp3) is 0.571. The molecule has 0 aromatic carbocycles. The predicted octanol–water partition coefficient (Wildman–Crippen LogP) is 1.27. The molecule has 2 rings (SSSR count). The molecule has 1 aliphatic heterocycles. The topological polar surface area (TPSA) is 81.2 Å². The highest BCUT2D eigenvalue weighted by molar-refractivity contribution is 6.61. The van der Waals surface area contributed by atoms with Gasteiger partial charge in [-0.25, -0.2) is 0 Å². The monoisotopic (exact) mass is 273 g/mol. The van der Waals surface area contributed by atoms with Crippen molar-refractivity contribution in [1.82, 2.24) is 4.98 Å². The highest BCUT2D eigenvalue weighted by Crippen LogP contribution is 2.36. The van der Waals surface area contributed by atoms with E-state index in [1.54, 1.807) is 12.1 Å². The second-order valence-electron chi connectivity index (χ2n) is 6.19. The van der Waals surface area contributed by atoms with Crippen LogP contribution in [0.15, 0.2) is 12.1 Å². The summed E-state index contributed by atoms with van der Waals surface area (Å²) in [5, 5.41) is 9.12. The van der Waals surface area contributed by atoms with Crippen LogP contribution in [-0.2, 0) is 9.31 Å². The van der Waals surface area contributed by atoms with Gasteiger partial charge < -0.3 is 15.0 Å². The largest absolute Gasteiger partial charge is 0.514 e. The molecule has 0 radical (unpaired) electrons. The van der Waals surface area contributed by atoms with Crippen LogP contribution in [-0.4, -0.2) is 23.3 Å². The lowest BCUT2D eigenvalue weighted by molar-refractivity contribution is 0.00578. The van der Waals surface area contributed by atoms with Crippen LogP contribution >= 0.6 is 0 Å². The third-order valence-corrected chi connectivity index (χ3v) is 3.96. The maximum absolute atomic E-state index is 9.12. The van der Waals surface area contributed by atoms with Crippen molar-refractivity contribution in [2.24, 2.45) is 5.73 Å². The molecule has 0 bridgehead atoms. The van der Waals surface area contributed by atoms with Crippen molar-refractivity contribution in [1.29, 1.82) is 5.26 Å². The Morgan fingerprint density at radius 3 is 2.25 bits per heavy atom. The molecule has 1 unspecified atom stereocenters. The van der Waals surface area contributed by atoms with Crippen LogP contribution in [0.3, 0.4) is 0 Å². The third-order valence-electron chi connectivity index (χ3n) is 3.96. The van der Waals surface area contributed by atoms with Crippen LogP contribution in [0.25, 0.3) is 0 Å². The van der Waals surface area contributed by atoms with Gasteiger partial charge in [0.2, 0.25) is 0 Å². The second-order valence-corrected chi connectivity index (χ2v) is 6.19. The van der Waals surface area contributed by atoms with Gasteiger partial charge in [0.15, 0.2) is 0 Å². The molecular weight excluding hydrogens is 253 g/mol. The first-order chi connectivity index (χ1) is 9.16. The lowest BCUT2D eigenvalue weighted by Gasteiger charge is -2.32. The van der Waals surface area contributed by atoms with Crippen molar-refractivity contribution in [2.75, 3.05) is 0 Å². The van der Waals surface area contributed by atoms with E-state index in [9.17, 15) is 0 Å². The summed E-state index contributed by atoms with van der Waals surface area (Å²) < 4.78 is 11.9. The maximum atomic E-state index is 9.12. The first-order valence-electron chi connectivity index (χ1n) is 6.69. The Morgan fingerprint density at radius 1 is 1.25 bits per heavy atom. The molecule has 1 saturated heterocycles. The van der Waals surface area contributed by atoms with E-state index in [4.69, 9.17) is 20.3 Å². The van der Waals surface area contributed by atoms with Crippen molar-refractivity contribution in [3.05, 3.63) is 23.4 Å². The van der Waals surface area contributed by atoms with Crippen molar-refractivity contribution in [3.63, 3.8) is 0 Å². The van der Waals surface area contributed by atoms with Gasteiger partial charge in [0.05, 0.1) is 34.1 Å². The Kier molecular flexibility index (Phi) is 3.63. The predicted molar refractivity (Wildman–Crippen MR) is 77.3 cm³/mol. The van der Waals surface area contributed by atoms with Gasteiger partial charge >= 0.3 is 7.12 Å². The van der Waals surface area contributed by atoms with Crippen molar-refractivity contribution >= 4 is 12.7 Å². The number of aromatic nitrogens is 1. The van der Waals surface area contributed by atoms with Gasteiger partial charge in [0.1, 0.15) is 0 Å². The minimum atomic E-state index is -0.578. The zero-order valence-corrected chi connectivity index (χ0v) is 12.6. The molecular formula is C14H20BN3O2. The highest BCUT2D eigenvalue weighted by atomic mass is 16.7. The van der Waals surface area contributed by atoms with Crippen LogP contribution in [0.5, 0.6) is 0 Å². The quantitative estimate of drug-likeness (QED) is 0.821. The van der Waals surface area contributed by atoms with Gasteiger partial charge in [-0.2, -0.15) is 5.26 Å². The Morgan fingerprint density at radius 2 is 1.80 bits per heavy atom. The average Bonchev–Trinajstić information content (AvgIpc) is 2.58. The fourth-order valence-electron chi connectivity index (χ4n) is 1.96. The number of pyridine rings is 1. The number of rotatable bonds is 2. The first kappa shape index (κ1) is 15.0. The van der Waals surface area contributed by atoms with E-state index >= 15 is 0 Å². The molecule has 2 heterocycles. The Hall–Kier alpha value is -1.42. The van der Waals surface area contributed by atoms with E-state index in [0.29, 0.717) is 16.9 Å². The standard InChI is InChI=1S/C14H20BN3O2/c1-9(17)11-6-10(8-16)7-12(18-11)15-19-13(2,3)14(4,5)20-15/h6-7,9H,17H2,1-5H3. The molecule has 1 aromatic rings. The zero-order valence-electron chi connectivity index (χ0n) is 12.6. The van der Waals surface area contributed by atoms with Crippen molar-refractivity contribution in [2.45, 2.75) is 51.9 Å². The van der Waals surface area contributed by atoms with Crippen LogP contribution in [0.2, 0.25) is 0 Å². The summed E-state index contributed by atoms with van der Waals surface area (Å²) in [6, 6.07) is 5.26. The zero-order chi connectivity index (χ0) is 15.1. The van der Waals surface area contributed by atoms with Gasteiger partial charge in [-0.05, 0) is 46.8 Å². The summed E-state index contributed by atoms with van der Waals surface area (Å²) in [5.41, 5.74) is 6.75. The summed E-state index contributed by atoms with van der Waals surface area (Å²) in [6.07, 6.45) is 0. The second kappa shape index (κ2) is 4.85. The number of nitrogens with two attached hydrogens (primary N) is 1. The van der Waals surface area contributed by atoms with Gasteiger partial charge in [-0.1, -0.05) is 0 Å². The molecule has 1 fully saturated rings. The molecule has 106 valence electrons. The van der Waals surface area contributed by atoms with Crippen LogP contribution < -0.4 is 11.3 Å². The normalized spacial score (nSPS) is 21.6. The van der Waals surface area contributed by atoms with Crippen LogP contribution in [0, 0.1) is 11.3 Å². The smallest absolute Gasteiger partial charge is 0.398 e. The van der Waals surface area contributed by atoms with E-state index in [-0.39, 0.29) is 6.04 Å². The van der Waals surface area contributed by atoms with Crippen LogP contribution in [0.4, 0.5) is 0 Å². The summed E-state index contributed by atoms with van der Waals surface area (Å²) in [7, 11) is -0.578. The first-order valence-corrected chi connectivity index (χ1v) is 6.69. The van der Waals surface area contributed by atoms with E-state index in [0.717, 1.165) is 0 Å². The fourth-order valence-corrected chi connectivity index (χ4v) is 1.96. The highest BCUT2D eigenvalue weighted by Gasteiger charge is 2.52. The molecule has 6 heteroatoms. The summed E-state index contributed by atoms with van der Waals surface area (Å²) in [5.74, 6) is 0. The van der Waals surface area contributed by atoms with Crippen molar-refractivity contribution < 1.29 is 9.31 Å². The van der Waals surface area contributed by atoms with E-state index in [1.807, 2.05) is 34.6 Å². The molecule has 1 aromatic heterocycles. The molecule has 2 N–H and O–H groups in total. The molecule has 20 heavy (non-hydrogen) atoms. The van der Waals surface area contributed by atoms with Gasteiger partial charge in [0.25, 0.3) is 0 Å². The van der Waals surface area contributed by atoms with Crippen LogP contribution in [0.1, 0.15) is 51.9 Å². The number of nitriles is 1. The molecule has 1 atom stereocenters. The lowest BCUT2D eigenvalue weighted by Crippen LogP contribution is -2.41. The Balaban J connectivity index is 2.40. The SMILES string of the molecule is CC(N)c1cc(C#N)cc(B2OC(C)(C)C(C)(C)O2)n1. The van der Waals surface area contributed by atoms with Crippen molar-refractivity contribution in [3.8, 4) is 6.07 Å². The number of hydrogen-bond acceptors (Lipinski definition) is 5.